The van der Waals surface area contributed by atoms with E-state index in [4.69, 9.17) is 0 Å². The van der Waals surface area contributed by atoms with Gasteiger partial charge in [0.1, 0.15) is 0 Å². The molecule has 2 heteroatoms. The highest BCUT2D eigenvalue weighted by Crippen LogP contribution is 2.06. The summed E-state index contributed by atoms with van der Waals surface area (Å²) in [4.78, 5) is 3.60. The number of unbranched alkanes of at least 4 members (excludes halogenated alkanes) is 3. The van der Waals surface area contributed by atoms with Gasteiger partial charge in [-0.1, -0.05) is 32.3 Å². The highest BCUT2D eigenvalue weighted by Gasteiger charge is 1.94. The van der Waals surface area contributed by atoms with Crippen molar-refractivity contribution in [1.82, 2.24) is 4.98 Å². The first-order valence-corrected chi connectivity index (χ1v) is 4.72. The first-order valence-electron chi connectivity index (χ1n) is 4.72. The summed E-state index contributed by atoms with van der Waals surface area (Å²) in [6.07, 6.45) is 7.12. The van der Waals surface area contributed by atoms with Gasteiger partial charge in [-0.2, -0.15) is 4.39 Å². The lowest BCUT2D eigenvalue weighted by Crippen LogP contribution is -1.88. The Morgan fingerprint density at radius 2 is 2.08 bits per heavy atom. The second-order valence-electron chi connectivity index (χ2n) is 3.15. The number of aromatic nitrogens is 1. The molecule has 1 radical (unpaired) electrons. The maximum atomic E-state index is 12.4. The van der Waals surface area contributed by atoms with E-state index in [1.54, 1.807) is 12.3 Å². The predicted octanol–water partition coefficient (Wildman–Crippen LogP) is 3.16. The summed E-state index contributed by atoms with van der Waals surface area (Å²) < 4.78 is 12.4. The third kappa shape index (κ3) is 4.02. The molecular weight excluding hydrogens is 165 g/mol. The van der Waals surface area contributed by atoms with Gasteiger partial charge < -0.3 is 0 Å². The van der Waals surface area contributed by atoms with Gasteiger partial charge in [0, 0.05) is 6.20 Å². The Labute approximate surface area is 79.0 Å². The minimum absolute atomic E-state index is 0.401. The molecule has 0 atom stereocenters. The molecule has 0 aromatic carbocycles. The molecule has 0 fully saturated rings. The van der Waals surface area contributed by atoms with Crippen LogP contribution in [0.4, 0.5) is 4.39 Å². The normalized spacial score (nSPS) is 10.3. The molecule has 0 N–H and O–H groups in total. The van der Waals surface area contributed by atoms with Crippen molar-refractivity contribution in [3.05, 3.63) is 36.8 Å². The van der Waals surface area contributed by atoms with Crippen LogP contribution in [0, 0.1) is 12.9 Å². The Balaban J connectivity index is 2.25. The maximum absolute atomic E-state index is 12.4. The molecule has 0 aliphatic rings. The molecule has 0 saturated heterocycles. The lowest BCUT2D eigenvalue weighted by Gasteiger charge is -1.99. The summed E-state index contributed by atoms with van der Waals surface area (Å²) >= 11 is 0. The van der Waals surface area contributed by atoms with Crippen molar-refractivity contribution in [1.29, 1.82) is 0 Å². The van der Waals surface area contributed by atoms with Gasteiger partial charge in [-0.25, -0.2) is 4.98 Å². The lowest BCUT2D eigenvalue weighted by atomic mass is 10.1. The van der Waals surface area contributed by atoms with Crippen LogP contribution in [0.5, 0.6) is 0 Å². The summed E-state index contributed by atoms with van der Waals surface area (Å²) in [7, 11) is 0. The van der Waals surface area contributed by atoms with Crippen LogP contribution in [0.15, 0.2) is 18.3 Å². The Bertz CT molecular complexity index is 230. The quantitative estimate of drug-likeness (QED) is 0.501. The van der Waals surface area contributed by atoms with Crippen molar-refractivity contribution in [2.24, 2.45) is 0 Å². The molecular formula is C11H15FN. The molecule has 0 aliphatic carbocycles. The molecule has 71 valence electrons. The van der Waals surface area contributed by atoms with E-state index in [2.05, 4.69) is 11.9 Å². The monoisotopic (exact) mass is 180 g/mol. The Hall–Kier alpha value is -0.920. The van der Waals surface area contributed by atoms with Crippen molar-refractivity contribution in [2.75, 3.05) is 0 Å². The van der Waals surface area contributed by atoms with Crippen molar-refractivity contribution >= 4 is 0 Å². The fraction of sp³-hybridized carbons (Fsp3) is 0.455. The molecule has 0 spiro atoms. The number of rotatable bonds is 5. The lowest BCUT2D eigenvalue weighted by molar-refractivity contribution is 0.581. The van der Waals surface area contributed by atoms with E-state index in [1.165, 1.54) is 18.9 Å². The van der Waals surface area contributed by atoms with Gasteiger partial charge in [0.05, 0.1) is 0 Å². The van der Waals surface area contributed by atoms with E-state index >= 15 is 0 Å². The second kappa shape index (κ2) is 5.68. The van der Waals surface area contributed by atoms with Gasteiger partial charge in [-0.05, 0) is 24.5 Å². The van der Waals surface area contributed by atoms with Crippen LogP contribution in [-0.2, 0) is 6.42 Å². The van der Waals surface area contributed by atoms with Crippen LogP contribution in [-0.4, -0.2) is 4.98 Å². The summed E-state index contributed by atoms with van der Waals surface area (Å²) in [5.41, 5.74) is 1.12. The Kier molecular flexibility index (Phi) is 4.44. The summed E-state index contributed by atoms with van der Waals surface area (Å²) in [6, 6.07) is 3.21. The Morgan fingerprint density at radius 1 is 1.23 bits per heavy atom. The number of hydrogen-bond acceptors (Lipinski definition) is 1. The fourth-order valence-electron chi connectivity index (χ4n) is 1.24. The predicted molar refractivity (Wildman–Crippen MR) is 51.7 cm³/mol. The number of hydrogen-bond donors (Lipinski definition) is 0. The topological polar surface area (TPSA) is 12.9 Å². The zero-order chi connectivity index (χ0) is 9.52. The van der Waals surface area contributed by atoms with Gasteiger partial charge >= 0.3 is 0 Å². The first kappa shape index (κ1) is 10.2. The largest absolute Gasteiger partial charge is 0.228 e. The third-order valence-corrected chi connectivity index (χ3v) is 2.00. The van der Waals surface area contributed by atoms with Gasteiger partial charge in [-0.15, -0.1) is 0 Å². The average molecular weight is 180 g/mol. The first-order chi connectivity index (χ1) is 6.33. The minimum atomic E-state index is -0.401. The average Bonchev–Trinajstić information content (AvgIpc) is 2.15. The minimum Gasteiger partial charge on any atom is -0.228 e. The van der Waals surface area contributed by atoms with E-state index in [9.17, 15) is 4.39 Å². The SMILES string of the molecule is [CH2]CCCCCc1ccc(F)nc1. The number of halogens is 1. The second-order valence-corrected chi connectivity index (χ2v) is 3.15. The molecule has 0 unspecified atom stereocenters. The number of nitrogens with zero attached hydrogens (tertiary/aromatic N) is 1. The zero-order valence-corrected chi connectivity index (χ0v) is 7.80. The van der Waals surface area contributed by atoms with Crippen LogP contribution in [0.3, 0.4) is 0 Å². The summed E-state index contributed by atoms with van der Waals surface area (Å²) in [5, 5.41) is 0. The van der Waals surface area contributed by atoms with E-state index in [1.807, 2.05) is 0 Å². The van der Waals surface area contributed by atoms with Crippen LogP contribution in [0.25, 0.3) is 0 Å². The van der Waals surface area contributed by atoms with Crippen molar-refractivity contribution in [2.45, 2.75) is 32.1 Å². The van der Waals surface area contributed by atoms with Crippen molar-refractivity contribution in [3.8, 4) is 0 Å². The fourth-order valence-corrected chi connectivity index (χ4v) is 1.24. The molecule has 1 aromatic heterocycles. The van der Waals surface area contributed by atoms with Crippen molar-refractivity contribution in [3.63, 3.8) is 0 Å². The number of aryl methyl sites for hydroxylation is 1. The van der Waals surface area contributed by atoms with Crippen LogP contribution in [0.1, 0.15) is 31.2 Å². The molecule has 1 nitrogen and oxygen atoms in total. The summed E-state index contributed by atoms with van der Waals surface area (Å²) in [5.74, 6) is -0.401. The van der Waals surface area contributed by atoms with Gasteiger partial charge in [0.15, 0.2) is 0 Å². The molecule has 0 saturated carbocycles. The van der Waals surface area contributed by atoms with Crippen molar-refractivity contribution < 1.29 is 4.39 Å². The Morgan fingerprint density at radius 3 is 2.69 bits per heavy atom. The molecule has 0 bridgehead atoms. The van der Waals surface area contributed by atoms with Crippen LogP contribution in [0.2, 0.25) is 0 Å². The third-order valence-electron chi connectivity index (χ3n) is 2.00. The zero-order valence-electron chi connectivity index (χ0n) is 7.80. The van der Waals surface area contributed by atoms with Gasteiger partial charge in [0.2, 0.25) is 5.95 Å². The molecule has 1 heterocycles. The molecule has 1 rings (SSSR count). The molecule has 0 aliphatic heterocycles. The standard InChI is InChI=1S/C11H15FN/c1-2-3-4-5-6-10-7-8-11(12)13-9-10/h7-9H,1-6H2. The van der Waals surface area contributed by atoms with Crippen LogP contribution >= 0.6 is 0 Å². The van der Waals surface area contributed by atoms with E-state index in [-0.39, 0.29) is 0 Å². The van der Waals surface area contributed by atoms with E-state index < -0.39 is 5.95 Å². The molecule has 0 amide bonds. The van der Waals surface area contributed by atoms with E-state index in [0.29, 0.717) is 0 Å². The molecule has 1 aromatic rings. The smallest absolute Gasteiger partial charge is 0.212 e. The van der Waals surface area contributed by atoms with Gasteiger partial charge in [-0.3, -0.25) is 0 Å². The van der Waals surface area contributed by atoms with E-state index in [0.717, 1.165) is 24.8 Å². The summed E-state index contributed by atoms with van der Waals surface area (Å²) in [6.45, 7) is 3.78. The number of pyridine rings is 1. The highest BCUT2D eigenvalue weighted by atomic mass is 19.1. The maximum Gasteiger partial charge on any atom is 0.212 e. The molecule has 13 heavy (non-hydrogen) atoms. The highest BCUT2D eigenvalue weighted by molar-refractivity contribution is 5.09. The van der Waals surface area contributed by atoms with Gasteiger partial charge in [0.25, 0.3) is 0 Å². The van der Waals surface area contributed by atoms with Crippen LogP contribution < -0.4 is 0 Å².